The van der Waals surface area contributed by atoms with Crippen LogP contribution in [0, 0.1) is 6.92 Å². The maximum Gasteiger partial charge on any atom is 0.223 e. The number of nitrogens with zero attached hydrogens (tertiary/aromatic N) is 2. The average molecular weight is 299 g/mol. The monoisotopic (exact) mass is 299 g/mol. The van der Waals surface area contributed by atoms with E-state index in [1.54, 1.807) is 0 Å². The molecular formula is C17H21N3O2. The third kappa shape index (κ3) is 3.67. The minimum absolute atomic E-state index is 0.0423. The van der Waals surface area contributed by atoms with Crippen molar-refractivity contribution in [1.82, 2.24) is 14.9 Å². The van der Waals surface area contributed by atoms with Gasteiger partial charge in [-0.3, -0.25) is 4.79 Å². The summed E-state index contributed by atoms with van der Waals surface area (Å²) in [5.74, 6) is 1.95. The standard InChI is InChI=1S/C17H21N3O2/c1-13-2-5-15(6-3-13)22-11-8-17(21)19-14-4-7-16-18-9-10-20(16)12-14/h2-3,5-6,9-10,14H,4,7-8,11-12H2,1H3,(H,19,21)/t14-/m1/s1. The Morgan fingerprint density at radius 2 is 2.23 bits per heavy atom. The molecule has 1 atom stereocenters. The first-order valence-electron chi connectivity index (χ1n) is 7.69. The van der Waals surface area contributed by atoms with Gasteiger partial charge >= 0.3 is 0 Å². The Balaban J connectivity index is 1.40. The molecule has 2 aromatic rings. The normalized spacial score (nSPS) is 16.9. The lowest BCUT2D eigenvalue weighted by molar-refractivity contribution is -0.122. The van der Waals surface area contributed by atoms with Crippen LogP contribution in [0.3, 0.4) is 0 Å². The average Bonchev–Trinajstić information content (AvgIpc) is 2.97. The first-order chi connectivity index (χ1) is 10.7. The second-order valence-corrected chi connectivity index (χ2v) is 5.71. The number of fused-ring (bicyclic) bond motifs is 1. The molecule has 3 rings (SSSR count). The van der Waals surface area contributed by atoms with Gasteiger partial charge < -0.3 is 14.6 Å². The summed E-state index contributed by atoms with van der Waals surface area (Å²) < 4.78 is 7.70. The van der Waals surface area contributed by atoms with Crippen LogP contribution in [-0.2, 0) is 17.8 Å². The van der Waals surface area contributed by atoms with Crippen LogP contribution in [0.1, 0.15) is 24.2 Å². The maximum absolute atomic E-state index is 12.0. The summed E-state index contributed by atoms with van der Waals surface area (Å²) >= 11 is 0. The van der Waals surface area contributed by atoms with Gasteiger partial charge in [-0.05, 0) is 25.5 Å². The number of ether oxygens (including phenoxy) is 1. The van der Waals surface area contributed by atoms with E-state index in [-0.39, 0.29) is 11.9 Å². The number of hydrogen-bond donors (Lipinski definition) is 1. The van der Waals surface area contributed by atoms with Gasteiger partial charge in [0.1, 0.15) is 11.6 Å². The number of benzene rings is 1. The molecule has 22 heavy (non-hydrogen) atoms. The molecule has 2 heterocycles. The highest BCUT2D eigenvalue weighted by atomic mass is 16.5. The molecule has 1 aromatic carbocycles. The fourth-order valence-corrected chi connectivity index (χ4v) is 2.68. The van der Waals surface area contributed by atoms with Crippen LogP contribution in [0.5, 0.6) is 5.75 Å². The van der Waals surface area contributed by atoms with E-state index in [4.69, 9.17) is 4.74 Å². The van der Waals surface area contributed by atoms with E-state index in [0.29, 0.717) is 13.0 Å². The summed E-state index contributed by atoms with van der Waals surface area (Å²) in [7, 11) is 0. The lowest BCUT2D eigenvalue weighted by Crippen LogP contribution is -2.41. The lowest BCUT2D eigenvalue weighted by Gasteiger charge is -2.24. The molecule has 0 saturated carbocycles. The first-order valence-corrected chi connectivity index (χ1v) is 7.69. The van der Waals surface area contributed by atoms with E-state index < -0.39 is 0 Å². The molecule has 0 radical (unpaired) electrons. The zero-order chi connectivity index (χ0) is 15.4. The molecule has 1 aromatic heterocycles. The Morgan fingerprint density at radius 1 is 1.41 bits per heavy atom. The zero-order valence-corrected chi connectivity index (χ0v) is 12.8. The number of aryl methyl sites for hydroxylation is 2. The molecule has 5 nitrogen and oxygen atoms in total. The highest BCUT2D eigenvalue weighted by Crippen LogP contribution is 2.14. The smallest absolute Gasteiger partial charge is 0.223 e. The number of nitrogens with one attached hydrogen (secondary N) is 1. The van der Waals surface area contributed by atoms with E-state index in [2.05, 4.69) is 14.9 Å². The number of aromatic nitrogens is 2. The number of amides is 1. The Morgan fingerprint density at radius 3 is 3.05 bits per heavy atom. The summed E-state index contributed by atoms with van der Waals surface area (Å²) in [4.78, 5) is 16.3. The molecule has 1 amide bonds. The lowest BCUT2D eigenvalue weighted by atomic mass is 10.1. The predicted octanol–water partition coefficient (Wildman–Crippen LogP) is 2.09. The molecule has 5 heteroatoms. The predicted molar refractivity (Wildman–Crippen MR) is 83.8 cm³/mol. The third-order valence-corrected chi connectivity index (χ3v) is 3.92. The molecule has 1 aliphatic rings. The fraction of sp³-hybridized carbons (Fsp3) is 0.412. The van der Waals surface area contributed by atoms with E-state index in [1.165, 1.54) is 5.56 Å². The maximum atomic E-state index is 12.0. The second kappa shape index (κ2) is 6.64. The number of hydrogen-bond acceptors (Lipinski definition) is 3. The Hall–Kier alpha value is -2.30. The van der Waals surface area contributed by atoms with Crippen LogP contribution >= 0.6 is 0 Å². The first kappa shape index (κ1) is 14.6. The highest BCUT2D eigenvalue weighted by molar-refractivity contribution is 5.76. The van der Waals surface area contributed by atoms with E-state index in [0.717, 1.165) is 31.0 Å². The Kier molecular flexibility index (Phi) is 4.42. The second-order valence-electron chi connectivity index (χ2n) is 5.71. The van der Waals surface area contributed by atoms with Crippen molar-refractivity contribution in [2.45, 2.75) is 38.8 Å². The molecule has 0 spiro atoms. The number of carbonyl (C=O) groups excluding carboxylic acids is 1. The van der Waals surface area contributed by atoms with Crippen molar-refractivity contribution in [3.8, 4) is 5.75 Å². The van der Waals surface area contributed by atoms with Crippen LogP contribution in [0.15, 0.2) is 36.7 Å². The minimum Gasteiger partial charge on any atom is -0.493 e. The summed E-state index contributed by atoms with van der Waals surface area (Å²) in [6.07, 6.45) is 6.02. The van der Waals surface area contributed by atoms with Gasteiger partial charge in [0.2, 0.25) is 5.91 Å². The molecule has 0 bridgehead atoms. The van der Waals surface area contributed by atoms with Crippen LogP contribution in [-0.4, -0.2) is 28.1 Å². The topological polar surface area (TPSA) is 56.1 Å². The largest absolute Gasteiger partial charge is 0.493 e. The van der Waals surface area contributed by atoms with E-state index in [1.807, 2.05) is 43.6 Å². The molecule has 0 fully saturated rings. The van der Waals surface area contributed by atoms with Crippen molar-refractivity contribution < 1.29 is 9.53 Å². The molecule has 0 saturated heterocycles. The highest BCUT2D eigenvalue weighted by Gasteiger charge is 2.20. The van der Waals surface area contributed by atoms with Gasteiger partial charge in [-0.2, -0.15) is 0 Å². The van der Waals surface area contributed by atoms with Crippen LogP contribution in [0.4, 0.5) is 0 Å². The molecule has 0 unspecified atom stereocenters. The quantitative estimate of drug-likeness (QED) is 0.920. The van der Waals surface area contributed by atoms with Crippen molar-refractivity contribution in [2.75, 3.05) is 6.61 Å². The van der Waals surface area contributed by atoms with Crippen LogP contribution < -0.4 is 10.1 Å². The molecule has 116 valence electrons. The molecule has 1 N–H and O–H groups in total. The zero-order valence-electron chi connectivity index (χ0n) is 12.8. The minimum atomic E-state index is 0.0423. The third-order valence-electron chi connectivity index (χ3n) is 3.92. The molecule has 1 aliphatic heterocycles. The SMILES string of the molecule is Cc1ccc(OCCC(=O)N[C@@H]2CCc3nccn3C2)cc1. The summed E-state index contributed by atoms with van der Waals surface area (Å²) in [6.45, 7) is 3.24. The van der Waals surface area contributed by atoms with E-state index in [9.17, 15) is 4.79 Å². The van der Waals surface area contributed by atoms with Gasteiger partial charge in [0.15, 0.2) is 0 Å². The van der Waals surface area contributed by atoms with Crippen molar-refractivity contribution in [3.63, 3.8) is 0 Å². The summed E-state index contributed by atoms with van der Waals surface area (Å²) in [5.41, 5.74) is 1.20. The van der Waals surface area contributed by atoms with Gasteiger partial charge in [-0.25, -0.2) is 4.98 Å². The fourth-order valence-electron chi connectivity index (χ4n) is 2.68. The summed E-state index contributed by atoms with van der Waals surface area (Å²) in [6, 6.07) is 8.04. The van der Waals surface area contributed by atoms with Gasteiger partial charge in [-0.15, -0.1) is 0 Å². The van der Waals surface area contributed by atoms with Crippen molar-refractivity contribution in [3.05, 3.63) is 48.0 Å². The Labute approximate surface area is 130 Å². The van der Waals surface area contributed by atoms with Gasteiger partial charge in [0.05, 0.1) is 13.0 Å². The summed E-state index contributed by atoms with van der Waals surface area (Å²) in [5, 5.41) is 3.08. The van der Waals surface area contributed by atoms with Crippen molar-refractivity contribution in [2.24, 2.45) is 0 Å². The van der Waals surface area contributed by atoms with Crippen molar-refractivity contribution >= 4 is 5.91 Å². The molecular weight excluding hydrogens is 278 g/mol. The van der Waals surface area contributed by atoms with E-state index >= 15 is 0 Å². The number of carbonyl (C=O) groups is 1. The van der Waals surface area contributed by atoms with Crippen LogP contribution in [0.2, 0.25) is 0 Å². The van der Waals surface area contributed by atoms with Gasteiger partial charge in [0.25, 0.3) is 0 Å². The Bertz CT molecular complexity index is 634. The number of rotatable bonds is 5. The van der Waals surface area contributed by atoms with Gasteiger partial charge in [-0.1, -0.05) is 17.7 Å². The number of imidazole rings is 1. The van der Waals surface area contributed by atoms with Crippen molar-refractivity contribution in [1.29, 1.82) is 0 Å². The molecule has 0 aliphatic carbocycles. The van der Waals surface area contributed by atoms with Crippen LogP contribution in [0.25, 0.3) is 0 Å². The van der Waals surface area contributed by atoms with Gasteiger partial charge in [0, 0.05) is 31.4 Å².